The van der Waals surface area contributed by atoms with Crippen molar-refractivity contribution < 1.29 is 14.6 Å². The highest BCUT2D eigenvalue weighted by molar-refractivity contribution is 6.30. The van der Waals surface area contributed by atoms with Crippen molar-refractivity contribution in [2.24, 2.45) is 0 Å². The van der Waals surface area contributed by atoms with Gasteiger partial charge in [-0.3, -0.25) is 4.90 Å². The molecule has 0 bridgehead atoms. The van der Waals surface area contributed by atoms with Gasteiger partial charge >= 0.3 is 0 Å². The van der Waals surface area contributed by atoms with Gasteiger partial charge in [0.25, 0.3) is 0 Å². The third-order valence-corrected chi connectivity index (χ3v) is 3.46. The third kappa shape index (κ3) is 4.63. The number of aliphatic hydroxyl groups excluding tert-OH is 1. The normalized spacial score (nSPS) is 22.7. The molecule has 1 aliphatic heterocycles. The van der Waals surface area contributed by atoms with Gasteiger partial charge in [-0.1, -0.05) is 17.7 Å². The third-order valence-electron chi connectivity index (χ3n) is 3.23. The summed E-state index contributed by atoms with van der Waals surface area (Å²) in [6.07, 6.45) is -0.120. The van der Waals surface area contributed by atoms with Crippen molar-refractivity contribution >= 4 is 11.6 Å². The predicted octanol–water partition coefficient (Wildman–Crippen LogP) is 2.19. The second kappa shape index (κ2) is 6.76. The molecule has 0 amide bonds. The summed E-state index contributed by atoms with van der Waals surface area (Å²) >= 11 is 5.91. The van der Waals surface area contributed by atoms with Crippen LogP contribution in [0.15, 0.2) is 24.3 Å². The van der Waals surface area contributed by atoms with E-state index >= 15 is 0 Å². The number of ether oxygens (including phenoxy) is 2. The molecule has 0 radical (unpaired) electrons. The highest BCUT2D eigenvalue weighted by atomic mass is 35.5. The van der Waals surface area contributed by atoms with Crippen LogP contribution in [-0.2, 0) is 4.74 Å². The second-order valence-corrected chi connectivity index (χ2v) is 6.16. The Hall–Kier alpha value is -0.810. The fourth-order valence-electron chi connectivity index (χ4n) is 2.53. The Morgan fingerprint density at radius 3 is 3.00 bits per heavy atom. The van der Waals surface area contributed by atoms with Gasteiger partial charge in [0.1, 0.15) is 12.4 Å². The molecule has 2 rings (SSSR count). The summed E-state index contributed by atoms with van der Waals surface area (Å²) in [5, 5.41) is 9.95. The summed E-state index contributed by atoms with van der Waals surface area (Å²) in [6, 6.07) is 7.40. The summed E-state index contributed by atoms with van der Waals surface area (Å²) < 4.78 is 11.5. The van der Waals surface area contributed by atoms with Crippen LogP contribution in [0.5, 0.6) is 5.75 Å². The first-order valence-electron chi connectivity index (χ1n) is 6.88. The van der Waals surface area contributed by atoms with E-state index in [1.807, 2.05) is 32.0 Å². The molecule has 0 spiro atoms. The van der Waals surface area contributed by atoms with E-state index in [0.717, 1.165) is 25.4 Å². The number of morpholine rings is 1. The summed E-state index contributed by atoms with van der Waals surface area (Å²) in [7, 11) is 0. The number of halogens is 1. The van der Waals surface area contributed by atoms with Gasteiger partial charge in [-0.15, -0.1) is 0 Å². The van der Waals surface area contributed by atoms with Gasteiger partial charge < -0.3 is 14.6 Å². The Bertz CT molecular complexity index is 439. The lowest BCUT2D eigenvalue weighted by atomic mass is 10.1. The molecule has 1 unspecified atom stereocenters. The van der Waals surface area contributed by atoms with Crippen LogP contribution in [0.3, 0.4) is 0 Å². The van der Waals surface area contributed by atoms with Crippen molar-refractivity contribution in [3.8, 4) is 5.75 Å². The topological polar surface area (TPSA) is 41.9 Å². The SMILES string of the molecule is CC1(C)CN(CCOc2cccc(Cl)c2)CC(CO)O1. The summed E-state index contributed by atoms with van der Waals surface area (Å²) in [6.45, 7) is 7.10. The van der Waals surface area contributed by atoms with E-state index in [1.54, 1.807) is 6.07 Å². The van der Waals surface area contributed by atoms with Crippen LogP contribution in [0.4, 0.5) is 0 Å². The van der Waals surface area contributed by atoms with Crippen molar-refractivity contribution in [1.29, 1.82) is 0 Å². The van der Waals surface area contributed by atoms with Gasteiger partial charge in [-0.25, -0.2) is 0 Å². The standard InChI is InChI=1S/C15H22ClNO3/c1-15(2)11-17(9-14(10-18)20-15)6-7-19-13-5-3-4-12(16)8-13/h3-5,8,14,18H,6-7,9-11H2,1-2H3. The molecule has 1 atom stereocenters. The molecule has 5 heteroatoms. The van der Waals surface area contributed by atoms with Crippen LogP contribution in [0, 0.1) is 0 Å². The average molecular weight is 300 g/mol. The minimum absolute atomic E-state index is 0.0507. The molecule has 1 saturated heterocycles. The summed E-state index contributed by atoms with van der Waals surface area (Å²) in [5.41, 5.74) is -0.234. The van der Waals surface area contributed by atoms with Gasteiger partial charge in [0, 0.05) is 24.7 Å². The summed E-state index contributed by atoms with van der Waals surface area (Å²) in [5.74, 6) is 0.781. The lowest BCUT2D eigenvalue weighted by Crippen LogP contribution is -2.54. The first-order valence-corrected chi connectivity index (χ1v) is 7.26. The zero-order valence-electron chi connectivity index (χ0n) is 12.0. The van der Waals surface area contributed by atoms with Crippen LogP contribution >= 0.6 is 11.6 Å². The molecule has 1 aromatic rings. The first kappa shape index (κ1) is 15.6. The van der Waals surface area contributed by atoms with Crippen molar-refractivity contribution in [1.82, 2.24) is 4.90 Å². The molecular formula is C15H22ClNO3. The van der Waals surface area contributed by atoms with Crippen molar-refractivity contribution in [2.75, 3.05) is 32.8 Å². The van der Waals surface area contributed by atoms with E-state index in [2.05, 4.69) is 4.90 Å². The van der Waals surface area contributed by atoms with Crippen LogP contribution in [0.25, 0.3) is 0 Å². The molecular weight excluding hydrogens is 278 g/mol. The van der Waals surface area contributed by atoms with Crippen LogP contribution in [0.2, 0.25) is 5.02 Å². The molecule has 1 N–H and O–H groups in total. The molecule has 0 aliphatic carbocycles. The molecule has 112 valence electrons. The largest absolute Gasteiger partial charge is 0.492 e. The van der Waals surface area contributed by atoms with Crippen molar-refractivity contribution in [3.63, 3.8) is 0 Å². The molecule has 1 aromatic carbocycles. The predicted molar refractivity (Wildman–Crippen MR) is 79.4 cm³/mol. The van der Waals surface area contributed by atoms with E-state index in [9.17, 15) is 5.11 Å². The Labute approximate surface area is 125 Å². The van der Waals surface area contributed by atoms with E-state index in [4.69, 9.17) is 21.1 Å². The molecule has 0 aromatic heterocycles. The van der Waals surface area contributed by atoms with Crippen LogP contribution < -0.4 is 4.74 Å². The average Bonchev–Trinajstić information content (AvgIpc) is 2.37. The minimum Gasteiger partial charge on any atom is -0.492 e. The van der Waals surface area contributed by atoms with Crippen molar-refractivity contribution in [2.45, 2.75) is 25.6 Å². The number of hydrogen-bond acceptors (Lipinski definition) is 4. The lowest BCUT2D eigenvalue weighted by Gasteiger charge is -2.42. The molecule has 1 fully saturated rings. The van der Waals surface area contributed by atoms with Gasteiger partial charge in [0.15, 0.2) is 0 Å². The highest BCUT2D eigenvalue weighted by Gasteiger charge is 2.32. The number of rotatable bonds is 5. The number of nitrogens with zero attached hydrogens (tertiary/aromatic N) is 1. The zero-order chi connectivity index (χ0) is 14.6. The molecule has 1 heterocycles. The Morgan fingerprint density at radius 2 is 2.30 bits per heavy atom. The van der Waals surface area contributed by atoms with Crippen molar-refractivity contribution in [3.05, 3.63) is 29.3 Å². The maximum Gasteiger partial charge on any atom is 0.120 e. The maximum absolute atomic E-state index is 9.28. The Balaban J connectivity index is 1.81. The van der Waals surface area contributed by atoms with Gasteiger partial charge in [-0.2, -0.15) is 0 Å². The smallest absolute Gasteiger partial charge is 0.120 e. The first-order chi connectivity index (χ1) is 9.48. The Kier molecular flexibility index (Phi) is 5.27. The van der Waals surface area contributed by atoms with Crippen LogP contribution in [-0.4, -0.2) is 54.6 Å². The lowest BCUT2D eigenvalue weighted by molar-refractivity contribution is -0.149. The van der Waals surface area contributed by atoms with E-state index in [-0.39, 0.29) is 18.3 Å². The zero-order valence-corrected chi connectivity index (χ0v) is 12.8. The molecule has 1 aliphatic rings. The second-order valence-electron chi connectivity index (χ2n) is 5.72. The number of benzene rings is 1. The molecule has 0 saturated carbocycles. The monoisotopic (exact) mass is 299 g/mol. The van der Waals surface area contributed by atoms with Gasteiger partial charge in [0.2, 0.25) is 0 Å². The van der Waals surface area contributed by atoms with Gasteiger partial charge in [-0.05, 0) is 32.0 Å². The fraction of sp³-hybridized carbons (Fsp3) is 0.600. The van der Waals surface area contributed by atoms with Gasteiger partial charge in [0.05, 0.1) is 18.3 Å². The van der Waals surface area contributed by atoms with Crippen LogP contribution in [0.1, 0.15) is 13.8 Å². The maximum atomic E-state index is 9.28. The number of hydrogen-bond donors (Lipinski definition) is 1. The molecule has 20 heavy (non-hydrogen) atoms. The quantitative estimate of drug-likeness (QED) is 0.905. The molecule has 4 nitrogen and oxygen atoms in total. The highest BCUT2D eigenvalue weighted by Crippen LogP contribution is 2.21. The van der Waals surface area contributed by atoms with E-state index in [0.29, 0.717) is 11.6 Å². The summed E-state index contributed by atoms with van der Waals surface area (Å²) in [4.78, 5) is 2.26. The fourth-order valence-corrected chi connectivity index (χ4v) is 2.71. The number of aliphatic hydroxyl groups is 1. The minimum atomic E-state index is -0.234. The Morgan fingerprint density at radius 1 is 1.50 bits per heavy atom. The van der Waals surface area contributed by atoms with E-state index < -0.39 is 0 Å². The van der Waals surface area contributed by atoms with E-state index in [1.165, 1.54) is 0 Å².